The Bertz CT molecular complexity index is 313. The summed E-state index contributed by atoms with van der Waals surface area (Å²) >= 11 is 0. The van der Waals surface area contributed by atoms with E-state index in [1.807, 2.05) is 6.92 Å². The van der Waals surface area contributed by atoms with Gasteiger partial charge in [-0.15, -0.1) is 0 Å². The molecule has 2 heterocycles. The molecule has 0 unspecified atom stereocenters. The monoisotopic (exact) mass is 238 g/mol. The van der Waals surface area contributed by atoms with Gasteiger partial charge in [-0.25, -0.2) is 0 Å². The molecule has 4 heteroatoms. The van der Waals surface area contributed by atoms with Crippen LogP contribution in [0.3, 0.4) is 0 Å². The molecule has 0 aromatic carbocycles. The van der Waals surface area contributed by atoms with Gasteiger partial charge in [0.05, 0.1) is 12.5 Å². The third-order valence-corrected chi connectivity index (χ3v) is 4.76. The van der Waals surface area contributed by atoms with Gasteiger partial charge in [0.15, 0.2) is 0 Å². The first-order chi connectivity index (χ1) is 8.19. The van der Waals surface area contributed by atoms with Crippen molar-refractivity contribution in [1.29, 1.82) is 0 Å². The van der Waals surface area contributed by atoms with Crippen molar-refractivity contribution in [2.45, 2.75) is 44.3 Å². The van der Waals surface area contributed by atoms with Gasteiger partial charge in [-0.3, -0.25) is 9.69 Å². The van der Waals surface area contributed by atoms with Crippen molar-refractivity contribution in [3.8, 4) is 0 Å². The largest absolute Gasteiger partial charge is 0.466 e. The summed E-state index contributed by atoms with van der Waals surface area (Å²) in [5.41, 5.74) is 0. The highest BCUT2D eigenvalue weighted by molar-refractivity contribution is 5.73. The Balaban J connectivity index is 1.49. The average Bonchev–Trinajstić information content (AvgIpc) is 2.74. The lowest BCUT2D eigenvalue weighted by Gasteiger charge is -2.45. The molecule has 0 spiro atoms. The summed E-state index contributed by atoms with van der Waals surface area (Å²) in [4.78, 5) is 16.7. The summed E-state index contributed by atoms with van der Waals surface area (Å²) in [5, 5.41) is 0. The highest BCUT2D eigenvalue weighted by Gasteiger charge is 2.48. The number of carbonyl (C=O) groups is 1. The smallest absolute Gasteiger partial charge is 0.309 e. The molecular formula is C13H22N2O2. The first-order valence-electron chi connectivity index (χ1n) is 6.81. The highest BCUT2D eigenvalue weighted by Crippen LogP contribution is 2.40. The number of ether oxygens (including phenoxy) is 1. The standard InChI is InChI=1S/C13H22N2O2/c1-3-17-13(16)9-4-10(5-9)15-8-11-6-12(15)7-14(11)2/h9-12H,3-8H2,1-2H3/t9?,10?,11-,12-/m0/s1. The molecule has 3 rings (SSSR count). The molecule has 96 valence electrons. The number of esters is 1. The molecule has 0 amide bonds. The van der Waals surface area contributed by atoms with Crippen LogP contribution in [-0.2, 0) is 9.53 Å². The van der Waals surface area contributed by atoms with Gasteiger partial charge in [0, 0.05) is 31.2 Å². The first kappa shape index (κ1) is 11.5. The number of piperazine rings is 1. The van der Waals surface area contributed by atoms with Crippen LogP contribution in [0, 0.1) is 5.92 Å². The van der Waals surface area contributed by atoms with Crippen molar-refractivity contribution < 1.29 is 9.53 Å². The summed E-state index contributed by atoms with van der Waals surface area (Å²) in [7, 11) is 2.23. The predicted molar refractivity (Wildman–Crippen MR) is 64.7 cm³/mol. The maximum atomic E-state index is 11.5. The number of fused-ring (bicyclic) bond motifs is 2. The minimum Gasteiger partial charge on any atom is -0.466 e. The molecule has 0 N–H and O–H groups in total. The number of rotatable bonds is 3. The van der Waals surface area contributed by atoms with Crippen LogP contribution in [0.2, 0.25) is 0 Å². The molecule has 4 nitrogen and oxygen atoms in total. The van der Waals surface area contributed by atoms with Gasteiger partial charge >= 0.3 is 5.97 Å². The zero-order chi connectivity index (χ0) is 12.0. The van der Waals surface area contributed by atoms with Crippen molar-refractivity contribution in [3.63, 3.8) is 0 Å². The Labute approximate surface area is 103 Å². The van der Waals surface area contributed by atoms with Crippen LogP contribution in [0.5, 0.6) is 0 Å². The lowest BCUT2D eigenvalue weighted by atomic mass is 9.79. The molecule has 2 bridgehead atoms. The summed E-state index contributed by atoms with van der Waals surface area (Å²) < 4.78 is 5.07. The zero-order valence-corrected chi connectivity index (χ0v) is 10.8. The number of nitrogens with zero attached hydrogens (tertiary/aromatic N) is 2. The van der Waals surface area contributed by atoms with E-state index < -0.39 is 0 Å². The molecule has 2 aliphatic heterocycles. The van der Waals surface area contributed by atoms with Crippen LogP contribution >= 0.6 is 0 Å². The van der Waals surface area contributed by atoms with Crippen molar-refractivity contribution in [1.82, 2.24) is 9.80 Å². The van der Waals surface area contributed by atoms with Crippen molar-refractivity contribution in [3.05, 3.63) is 0 Å². The van der Waals surface area contributed by atoms with E-state index in [2.05, 4.69) is 16.8 Å². The van der Waals surface area contributed by atoms with Gasteiger partial charge in [0.1, 0.15) is 0 Å². The maximum Gasteiger partial charge on any atom is 0.309 e. The summed E-state index contributed by atoms with van der Waals surface area (Å²) in [5.74, 6) is 0.196. The Hall–Kier alpha value is -0.610. The van der Waals surface area contributed by atoms with E-state index in [-0.39, 0.29) is 11.9 Å². The van der Waals surface area contributed by atoms with Gasteiger partial charge in [-0.1, -0.05) is 0 Å². The quantitative estimate of drug-likeness (QED) is 0.678. The zero-order valence-electron chi connectivity index (χ0n) is 10.8. The van der Waals surface area contributed by atoms with Crippen LogP contribution in [0.15, 0.2) is 0 Å². The Morgan fingerprint density at radius 1 is 1.18 bits per heavy atom. The SMILES string of the molecule is CCOC(=O)C1CC(N2C[C@@H]3C[C@H]2CN3C)C1. The third kappa shape index (κ3) is 1.87. The molecule has 0 aromatic heterocycles. The van der Waals surface area contributed by atoms with E-state index in [4.69, 9.17) is 4.74 Å². The van der Waals surface area contributed by atoms with Crippen LogP contribution in [0.1, 0.15) is 26.2 Å². The molecule has 0 radical (unpaired) electrons. The van der Waals surface area contributed by atoms with Gasteiger partial charge in [-0.05, 0) is 33.2 Å². The molecule has 2 saturated heterocycles. The van der Waals surface area contributed by atoms with E-state index in [0.29, 0.717) is 12.6 Å². The van der Waals surface area contributed by atoms with Gasteiger partial charge < -0.3 is 9.64 Å². The number of likely N-dealkylation sites (tertiary alicyclic amines) is 2. The number of carbonyl (C=O) groups excluding carboxylic acids is 1. The molecule has 17 heavy (non-hydrogen) atoms. The molecule has 2 atom stereocenters. The fraction of sp³-hybridized carbons (Fsp3) is 0.923. The van der Waals surface area contributed by atoms with Crippen LogP contribution in [0.4, 0.5) is 0 Å². The van der Waals surface area contributed by atoms with E-state index in [9.17, 15) is 4.79 Å². The summed E-state index contributed by atoms with van der Waals surface area (Å²) in [6.07, 6.45) is 3.37. The Morgan fingerprint density at radius 3 is 2.47 bits per heavy atom. The third-order valence-electron chi connectivity index (χ3n) is 4.76. The Kier molecular flexibility index (Phi) is 2.87. The normalized spacial score (nSPS) is 41.5. The molecule has 1 aliphatic carbocycles. The lowest BCUT2D eigenvalue weighted by molar-refractivity contribution is -0.153. The summed E-state index contributed by atoms with van der Waals surface area (Å²) in [6.45, 7) is 4.81. The second-order valence-electron chi connectivity index (χ2n) is 5.75. The number of hydrogen-bond acceptors (Lipinski definition) is 4. The molecular weight excluding hydrogens is 216 g/mol. The van der Waals surface area contributed by atoms with E-state index in [1.54, 1.807) is 0 Å². The van der Waals surface area contributed by atoms with Gasteiger partial charge in [-0.2, -0.15) is 0 Å². The van der Waals surface area contributed by atoms with Gasteiger partial charge in [0.25, 0.3) is 0 Å². The minimum atomic E-state index is 0.0187. The van der Waals surface area contributed by atoms with Crippen LogP contribution in [-0.4, -0.2) is 60.6 Å². The average molecular weight is 238 g/mol. The number of likely N-dealkylation sites (N-methyl/N-ethyl adjacent to an activating group) is 1. The van der Waals surface area contributed by atoms with E-state index in [1.165, 1.54) is 19.5 Å². The lowest BCUT2D eigenvalue weighted by Crippen LogP contribution is -2.54. The van der Waals surface area contributed by atoms with Crippen molar-refractivity contribution in [2.24, 2.45) is 5.92 Å². The predicted octanol–water partition coefficient (Wildman–Crippen LogP) is 0.716. The van der Waals surface area contributed by atoms with Crippen molar-refractivity contribution in [2.75, 3.05) is 26.7 Å². The van der Waals surface area contributed by atoms with Gasteiger partial charge in [0.2, 0.25) is 0 Å². The molecule has 3 fully saturated rings. The van der Waals surface area contributed by atoms with Crippen molar-refractivity contribution >= 4 is 5.97 Å². The molecule has 1 saturated carbocycles. The molecule has 3 aliphatic rings. The second kappa shape index (κ2) is 4.25. The second-order valence-corrected chi connectivity index (χ2v) is 5.75. The Morgan fingerprint density at radius 2 is 1.94 bits per heavy atom. The first-order valence-corrected chi connectivity index (χ1v) is 6.81. The van der Waals surface area contributed by atoms with Crippen LogP contribution < -0.4 is 0 Å². The van der Waals surface area contributed by atoms with E-state index >= 15 is 0 Å². The van der Waals surface area contributed by atoms with E-state index in [0.717, 1.165) is 24.9 Å². The summed E-state index contributed by atoms with van der Waals surface area (Å²) in [6, 6.07) is 2.16. The fourth-order valence-electron chi connectivity index (χ4n) is 3.66. The van der Waals surface area contributed by atoms with Crippen LogP contribution in [0.25, 0.3) is 0 Å². The topological polar surface area (TPSA) is 32.8 Å². The fourth-order valence-corrected chi connectivity index (χ4v) is 3.66. The molecule has 0 aromatic rings. The number of hydrogen-bond donors (Lipinski definition) is 0. The maximum absolute atomic E-state index is 11.5. The minimum absolute atomic E-state index is 0.0187. The highest BCUT2D eigenvalue weighted by atomic mass is 16.5.